The van der Waals surface area contributed by atoms with E-state index in [2.05, 4.69) is 4.74 Å². The third-order valence-electron chi connectivity index (χ3n) is 3.28. The third kappa shape index (κ3) is 3.47. The van der Waals surface area contributed by atoms with Gasteiger partial charge in [0.1, 0.15) is 6.10 Å². The van der Waals surface area contributed by atoms with E-state index in [0.29, 0.717) is 5.56 Å². The molecule has 4 nitrogen and oxygen atoms in total. The summed E-state index contributed by atoms with van der Waals surface area (Å²) < 4.78 is 9.70. The maximum Gasteiger partial charge on any atom is 0.337 e. The molecule has 0 saturated carbocycles. The summed E-state index contributed by atoms with van der Waals surface area (Å²) in [6.45, 7) is 1.86. The maximum atomic E-state index is 11.4. The number of rotatable bonds is 5. The molecule has 20 heavy (non-hydrogen) atoms. The predicted molar refractivity (Wildman–Crippen MR) is 74.4 cm³/mol. The fourth-order valence-corrected chi connectivity index (χ4v) is 2.22. The zero-order chi connectivity index (χ0) is 14.5. The number of benzene rings is 1. The van der Waals surface area contributed by atoms with E-state index in [1.54, 1.807) is 12.1 Å². The number of carbonyl (C=O) groups is 2. The van der Waals surface area contributed by atoms with Crippen molar-refractivity contribution in [2.75, 3.05) is 7.11 Å². The molecule has 1 atom stereocenters. The summed E-state index contributed by atoms with van der Waals surface area (Å²) in [5, 5.41) is 0. The Morgan fingerprint density at radius 2 is 1.95 bits per heavy atom. The lowest BCUT2D eigenvalue weighted by Gasteiger charge is -2.03. The summed E-state index contributed by atoms with van der Waals surface area (Å²) in [5.74, 6) is -0.525. The number of hydrogen-bond donors (Lipinski definition) is 0. The van der Waals surface area contributed by atoms with Crippen LogP contribution in [0.4, 0.5) is 0 Å². The monoisotopic (exact) mass is 274 g/mol. The molecule has 0 saturated heterocycles. The van der Waals surface area contributed by atoms with Gasteiger partial charge in [0.25, 0.3) is 0 Å². The van der Waals surface area contributed by atoms with Crippen molar-refractivity contribution in [3.8, 4) is 0 Å². The Morgan fingerprint density at radius 1 is 1.25 bits per heavy atom. The Labute approximate surface area is 118 Å². The van der Waals surface area contributed by atoms with Gasteiger partial charge in [-0.25, -0.2) is 9.59 Å². The highest BCUT2D eigenvalue weighted by molar-refractivity contribution is 5.90. The van der Waals surface area contributed by atoms with Gasteiger partial charge in [-0.05, 0) is 50.0 Å². The van der Waals surface area contributed by atoms with Crippen molar-refractivity contribution < 1.29 is 19.1 Å². The van der Waals surface area contributed by atoms with Gasteiger partial charge >= 0.3 is 11.9 Å². The molecule has 1 aliphatic rings. The largest absolute Gasteiger partial charge is 0.465 e. The molecule has 0 aliphatic carbocycles. The molecule has 1 heterocycles. The van der Waals surface area contributed by atoms with Crippen LogP contribution < -0.4 is 0 Å². The van der Waals surface area contributed by atoms with Crippen molar-refractivity contribution in [1.29, 1.82) is 0 Å². The van der Waals surface area contributed by atoms with Gasteiger partial charge in [0.05, 0.1) is 12.7 Å². The van der Waals surface area contributed by atoms with Gasteiger partial charge in [0.15, 0.2) is 0 Å². The second-order valence-corrected chi connectivity index (χ2v) is 4.84. The predicted octanol–water partition coefficient (Wildman–Crippen LogP) is 2.67. The quantitative estimate of drug-likeness (QED) is 0.775. The summed E-state index contributed by atoms with van der Waals surface area (Å²) in [7, 11) is 1.37. The molecule has 1 aromatic carbocycles. The van der Waals surface area contributed by atoms with Crippen LogP contribution in [0.15, 0.2) is 35.9 Å². The highest BCUT2D eigenvalue weighted by Crippen LogP contribution is 2.19. The lowest BCUT2D eigenvalue weighted by atomic mass is 10.0. The van der Waals surface area contributed by atoms with Crippen molar-refractivity contribution in [3.05, 3.63) is 47.0 Å². The minimum atomic E-state index is -0.329. The lowest BCUT2D eigenvalue weighted by molar-refractivity contribution is -0.139. The van der Waals surface area contributed by atoms with Crippen LogP contribution in [-0.4, -0.2) is 25.2 Å². The van der Waals surface area contributed by atoms with Crippen molar-refractivity contribution in [1.82, 2.24) is 0 Å². The zero-order valence-electron chi connectivity index (χ0n) is 11.7. The summed E-state index contributed by atoms with van der Waals surface area (Å²) in [6, 6.07) is 7.34. The normalized spacial score (nSPS) is 17.6. The summed E-state index contributed by atoms with van der Waals surface area (Å²) in [4.78, 5) is 22.7. The number of cyclic esters (lactones) is 1. The highest BCUT2D eigenvalue weighted by atomic mass is 16.5. The van der Waals surface area contributed by atoms with Crippen LogP contribution in [0.2, 0.25) is 0 Å². The van der Waals surface area contributed by atoms with E-state index in [-0.39, 0.29) is 18.0 Å². The second kappa shape index (κ2) is 6.37. The van der Waals surface area contributed by atoms with Crippen LogP contribution in [0.1, 0.15) is 35.7 Å². The van der Waals surface area contributed by atoms with Crippen molar-refractivity contribution in [2.45, 2.75) is 32.3 Å². The Morgan fingerprint density at radius 3 is 2.50 bits per heavy atom. The molecule has 0 bridgehead atoms. The van der Waals surface area contributed by atoms with Gasteiger partial charge in [0, 0.05) is 5.57 Å². The number of methoxy groups -OCH3 is 1. The standard InChI is InChI=1S/C16H18O4/c1-11-10-14(16(18)20-11)5-3-4-12-6-8-13(9-7-12)15(17)19-2/h6-11H,3-5H2,1-2H3. The van der Waals surface area contributed by atoms with Crippen LogP contribution in [0.3, 0.4) is 0 Å². The molecule has 2 rings (SSSR count). The zero-order valence-corrected chi connectivity index (χ0v) is 11.7. The Balaban J connectivity index is 1.84. The molecule has 1 aliphatic heterocycles. The first-order valence-corrected chi connectivity index (χ1v) is 6.69. The summed E-state index contributed by atoms with van der Waals surface area (Å²) in [5.41, 5.74) is 2.45. The Bertz CT molecular complexity index is 528. The topological polar surface area (TPSA) is 52.6 Å². The van der Waals surface area contributed by atoms with Gasteiger partial charge in [-0.3, -0.25) is 0 Å². The molecular weight excluding hydrogens is 256 g/mol. The molecular formula is C16H18O4. The van der Waals surface area contributed by atoms with Crippen LogP contribution in [0.5, 0.6) is 0 Å². The molecule has 0 aromatic heterocycles. The molecule has 4 heteroatoms. The fraction of sp³-hybridized carbons (Fsp3) is 0.375. The van der Waals surface area contributed by atoms with E-state index < -0.39 is 0 Å². The van der Waals surface area contributed by atoms with Crippen molar-refractivity contribution >= 4 is 11.9 Å². The molecule has 0 spiro atoms. The minimum absolute atomic E-state index is 0.100. The SMILES string of the molecule is COC(=O)c1ccc(CCCC2=CC(C)OC2=O)cc1. The Hall–Kier alpha value is -2.10. The smallest absolute Gasteiger partial charge is 0.337 e. The number of hydrogen-bond acceptors (Lipinski definition) is 4. The van der Waals surface area contributed by atoms with Gasteiger partial charge in [-0.2, -0.15) is 0 Å². The lowest BCUT2D eigenvalue weighted by Crippen LogP contribution is -2.04. The molecule has 1 unspecified atom stereocenters. The van der Waals surface area contributed by atoms with E-state index in [4.69, 9.17) is 4.74 Å². The number of aryl methyl sites for hydroxylation is 1. The maximum absolute atomic E-state index is 11.4. The van der Waals surface area contributed by atoms with E-state index in [0.717, 1.165) is 30.4 Å². The fourth-order valence-electron chi connectivity index (χ4n) is 2.22. The van der Waals surface area contributed by atoms with Gasteiger partial charge in [-0.1, -0.05) is 12.1 Å². The average molecular weight is 274 g/mol. The van der Waals surface area contributed by atoms with Gasteiger partial charge in [0.2, 0.25) is 0 Å². The highest BCUT2D eigenvalue weighted by Gasteiger charge is 2.21. The first-order chi connectivity index (χ1) is 9.60. The summed E-state index contributed by atoms with van der Waals surface area (Å²) >= 11 is 0. The first kappa shape index (κ1) is 14.3. The minimum Gasteiger partial charge on any atom is -0.465 e. The average Bonchev–Trinajstić information content (AvgIpc) is 2.77. The van der Waals surface area contributed by atoms with E-state index >= 15 is 0 Å². The molecule has 1 aromatic rings. The molecule has 0 amide bonds. The van der Waals surface area contributed by atoms with Crippen molar-refractivity contribution in [3.63, 3.8) is 0 Å². The van der Waals surface area contributed by atoms with Crippen LogP contribution >= 0.6 is 0 Å². The molecule has 0 fully saturated rings. The van der Waals surface area contributed by atoms with Gasteiger partial charge in [-0.15, -0.1) is 0 Å². The van der Waals surface area contributed by atoms with Gasteiger partial charge < -0.3 is 9.47 Å². The summed E-state index contributed by atoms with van der Waals surface area (Å²) in [6.07, 6.45) is 4.24. The second-order valence-electron chi connectivity index (χ2n) is 4.84. The number of ether oxygens (including phenoxy) is 2. The first-order valence-electron chi connectivity index (χ1n) is 6.69. The van der Waals surface area contributed by atoms with Crippen LogP contribution in [-0.2, 0) is 20.7 Å². The van der Waals surface area contributed by atoms with Crippen molar-refractivity contribution in [2.24, 2.45) is 0 Å². The number of esters is 2. The molecule has 0 radical (unpaired) electrons. The third-order valence-corrected chi connectivity index (χ3v) is 3.28. The van der Waals surface area contributed by atoms with E-state index in [1.165, 1.54) is 7.11 Å². The molecule has 0 N–H and O–H groups in total. The van der Waals surface area contributed by atoms with Crippen LogP contribution in [0.25, 0.3) is 0 Å². The van der Waals surface area contributed by atoms with E-state index in [9.17, 15) is 9.59 Å². The van der Waals surface area contributed by atoms with Crippen LogP contribution in [0, 0.1) is 0 Å². The Kier molecular flexibility index (Phi) is 4.56. The number of carbonyl (C=O) groups excluding carboxylic acids is 2. The molecule has 106 valence electrons. The van der Waals surface area contributed by atoms with E-state index in [1.807, 2.05) is 25.1 Å².